The number of imide groups is 1. The fraction of sp³-hybridized carbons (Fsp3) is 0.0870. The van der Waals surface area contributed by atoms with Crippen LogP contribution in [0.2, 0.25) is 5.02 Å². The number of benzene rings is 3. The van der Waals surface area contributed by atoms with Crippen LogP contribution >= 0.6 is 27.5 Å². The SMILES string of the molecule is O=C(Oc1ccc(Br)cc1Cl)[C@H](Cc1ccccc1)N1C(=O)c2ccccc2C1=O. The van der Waals surface area contributed by atoms with Gasteiger partial charge in [0, 0.05) is 10.9 Å². The Balaban J connectivity index is 1.69. The molecule has 0 saturated carbocycles. The van der Waals surface area contributed by atoms with Gasteiger partial charge in [0.2, 0.25) is 0 Å². The van der Waals surface area contributed by atoms with Crippen LogP contribution in [0.15, 0.2) is 77.3 Å². The molecule has 3 aromatic rings. The number of esters is 1. The van der Waals surface area contributed by atoms with E-state index in [4.69, 9.17) is 16.3 Å². The lowest BCUT2D eigenvalue weighted by molar-refractivity contribution is -0.138. The van der Waals surface area contributed by atoms with E-state index in [1.807, 2.05) is 30.3 Å². The number of amides is 2. The third-order valence-corrected chi connectivity index (χ3v) is 5.57. The number of hydrogen-bond donors (Lipinski definition) is 0. The second kappa shape index (κ2) is 8.42. The standard InChI is InChI=1S/C23H15BrClNO4/c24-15-10-11-20(18(25)13-15)30-23(29)19(12-14-6-2-1-3-7-14)26-21(27)16-8-4-5-9-17(16)22(26)28/h1-11,13,19H,12H2/t19-/m0/s1. The number of ether oxygens (including phenoxy) is 1. The molecule has 1 heterocycles. The van der Waals surface area contributed by atoms with Crippen molar-refractivity contribution in [2.24, 2.45) is 0 Å². The molecule has 1 atom stereocenters. The molecule has 150 valence electrons. The summed E-state index contributed by atoms with van der Waals surface area (Å²) in [6, 6.07) is 19.3. The van der Waals surface area contributed by atoms with E-state index in [2.05, 4.69) is 15.9 Å². The van der Waals surface area contributed by atoms with Crippen LogP contribution in [0.4, 0.5) is 0 Å². The molecule has 0 bridgehead atoms. The summed E-state index contributed by atoms with van der Waals surface area (Å²) in [5.74, 6) is -1.62. The summed E-state index contributed by atoms with van der Waals surface area (Å²) < 4.78 is 6.23. The maximum absolute atomic E-state index is 13.1. The molecule has 5 nitrogen and oxygen atoms in total. The first-order valence-corrected chi connectivity index (χ1v) is 10.3. The van der Waals surface area contributed by atoms with E-state index in [1.165, 1.54) is 0 Å². The van der Waals surface area contributed by atoms with E-state index < -0.39 is 23.8 Å². The number of rotatable bonds is 5. The van der Waals surface area contributed by atoms with Crippen molar-refractivity contribution in [3.8, 4) is 5.75 Å². The van der Waals surface area contributed by atoms with Crippen molar-refractivity contribution in [2.75, 3.05) is 0 Å². The van der Waals surface area contributed by atoms with Crippen molar-refractivity contribution < 1.29 is 19.1 Å². The van der Waals surface area contributed by atoms with Gasteiger partial charge in [-0.1, -0.05) is 70.0 Å². The van der Waals surface area contributed by atoms with Gasteiger partial charge < -0.3 is 4.74 Å². The third kappa shape index (κ3) is 3.88. The summed E-state index contributed by atoms with van der Waals surface area (Å²) in [5.41, 5.74) is 1.34. The number of hydrogen-bond acceptors (Lipinski definition) is 4. The van der Waals surface area contributed by atoms with Crippen LogP contribution in [0.5, 0.6) is 5.75 Å². The molecule has 0 saturated heterocycles. The molecule has 7 heteroatoms. The number of nitrogens with zero attached hydrogens (tertiary/aromatic N) is 1. The monoisotopic (exact) mass is 483 g/mol. The van der Waals surface area contributed by atoms with Crippen LogP contribution in [0, 0.1) is 0 Å². The predicted molar refractivity (Wildman–Crippen MR) is 116 cm³/mol. The molecule has 3 aromatic carbocycles. The van der Waals surface area contributed by atoms with E-state index in [1.54, 1.807) is 42.5 Å². The molecule has 2 amide bonds. The zero-order valence-corrected chi connectivity index (χ0v) is 17.9. The minimum Gasteiger partial charge on any atom is -0.423 e. The summed E-state index contributed by atoms with van der Waals surface area (Å²) in [6.45, 7) is 0. The first-order chi connectivity index (χ1) is 14.5. The largest absolute Gasteiger partial charge is 0.423 e. The van der Waals surface area contributed by atoms with Crippen molar-refractivity contribution in [1.29, 1.82) is 0 Å². The van der Waals surface area contributed by atoms with Crippen molar-refractivity contribution in [3.05, 3.63) is 99.0 Å². The minimum atomic E-state index is -1.14. The highest BCUT2D eigenvalue weighted by atomic mass is 79.9. The fourth-order valence-corrected chi connectivity index (χ4v) is 4.05. The van der Waals surface area contributed by atoms with Crippen LogP contribution in [-0.4, -0.2) is 28.7 Å². The Labute approximate surface area is 186 Å². The average Bonchev–Trinajstić information content (AvgIpc) is 3.00. The van der Waals surface area contributed by atoms with E-state index in [9.17, 15) is 14.4 Å². The summed E-state index contributed by atoms with van der Waals surface area (Å²) >= 11 is 9.47. The van der Waals surface area contributed by atoms with Crippen molar-refractivity contribution in [3.63, 3.8) is 0 Å². The van der Waals surface area contributed by atoms with E-state index in [-0.39, 0.29) is 28.3 Å². The molecule has 0 unspecified atom stereocenters. The summed E-state index contributed by atoms with van der Waals surface area (Å²) in [4.78, 5) is 40.1. The Morgan fingerprint density at radius 2 is 1.53 bits per heavy atom. The summed E-state index contributed by atoms with van der Waals surface area (Å²) in [5, 5.41) is 0.235. The van der Waals surface area contributed by atoms with E-state index in [0.717, 1.165) is 14.9 Å². The molecule has 0 aliphatic carbocycles. The first kappa shape index (κ1) is 20.3. The zero-order valence-electron chi connectivity index (χ0n) is 15.5. The smallest absolute Gasteiger partial charge is 0.335 e. The van der Waals surface area contributed by atoms with Gasteiger partial charge in [0.1, 0.15) is 11.8 Å². The Morgan fingerprint density at radius 1 is 0.933 bits per heavy atom. The number of fused-ring (bicyclic) bond motifs is 1. The maximum Gasteiger partial charge on any atom is 0.335 e. The van der Waals surface area contributed by atoms with Gasteiger partial charge in [0.05, 0.1) is 16.1 Å². The summed E-state index contributed by atoms with van der Waals surface area (Å²) in [7, 11) is 0. The highest BCUT2D eigenvalue weighted by Gasteiger charge is 2.43. The molecule has 0 spiro atoms. The second-order valence-electron chi connectivity index (χ2n) is 6.73. The number of carbonyl (C=O) groups excluding carboxylic acids is 3. The normalized spacial score (nSPS) is 13.9. The molecule has 30 heavy (non-hydrogen) atoms. The quantitative estimate of drug-likeness (QED) is 0.293. The molecule has 0 aromatic heterocycles. The highest BCUT2D eigenvalue weighted by molar-refractivity contribution is 9.10. The van der Waals surface area contributed by atoms with Crippen LogP contribution < -0.4 is 4.74 Å². The lowest BCUT2D eigenvalue weighted by atomic mass is 10.0. The molecule has 0 N–H and O–H groups in total. The van der Waals surface area contributed by atoms with Gasteiger partial charge in [-0.05, 0) is 35.9 Å². The fourth-order valence-electron chi connectivity index (χ4n) is 3.34. The lowest BCUT2D eigenvalue weighted by Gasteiger charge is -2.25. The highest BCUT2D eigenvalue weighted by Crippen LogP contribution is 2.30. The molecule has 0 fully saturated rings. The van der Waals surface area contributed by atoms with Gasteiger partial charge in [0.15, 0.2) is 0 Å². The molecular formula is C23H15BrClNO4. The lowest BCUT2D eigenvalue weighted by Crippen LogP contribution is -2.48. The zero-order chi connectivity index (χ0) is 21.3. The van der Waals surface area contributed by atoms with Crippen LogP contribution in [-0.2, 0) is 11.2 Å². The number of halogens is 2. The summed E-state index contributed by atoms with van der Waals surface area (Å²) in [6.07, 6.45) is 0.124. The van der Waals surface area contributed by atoms with Crippen molar-refractivity contribution >= 4 is 45.3 Å². The first-order valence-electron chi connectivity index (χ1n) is 9.13. The Hall–Kier alpha value is -2.96. The predicted octanol–water partition coefficient (Wildman–Crippen LogP) is 4.92. The van der Waals surface area contributed by atoms with Crippen LogP contribution in [0.3, 0.4) is 0 Å². The Morgan fingerprint density at radius 3 is 2.13 bits per heavy atom. The van der Waals surface area contributed by atoms with Gasteiger partial charge in [0.25, 0.3) is 11.8 Å². The van der Waals surface area contributed by atoms with Gasteiger partial charge in [-0.15, -0.1) is 0 Å². The Kier molecular flexibility index (Phi) is 5.70. The van der Waals surface area contributed by atoms with Crippen molar-refractivity contribution in [2.45, 2.75) is 12.5 Å². The van der Waals surface area contributed by atoms with Gasteiger partial charge >= 0.3 is 5.97 Å². The van der Waals surface area contributed by atoms with Crippen LogP contribution in [0.25, 0.3) is 0 Å². The minimum absolute atomic E-state index is 0.124. The molecule has 0 radical (unpaired) electrons. The molecule has 1 aliphatic rings. The molecular weight excluding hydrogens is 470 g/mol. The second-order valence-corrected chi connectivity index (χ2v) is 8.05. The van der Waals surface area contributed by atoms with Gasteiger partial charge in [-0.3, -0.25) is 14.5 Å². The van der Waals surface area contributed by atoms with Gasteiger partial charge in [-0.2, -0.15) is 0 Å². The Bertz CT molecular complexity index is 1110. The third-order valence-electron chi connectivity index (χ3n) is 4.79. The van der Waals surface area contributed by atoms with E-state index in [0.29, 0.717) is 0 Å². The molecule has 1 aliphatic heterocycles. The van der Waals surface area contributed by atoms with Crippen molar-refractivity contribution in [1.82, 2.24) is 4.90 Å². The topological polar surface area (TPSA) is 63.7 Å². The van der Waals surface area contributed by atoms with Gasteiger partial charge in [-0.25, -0.2) is 4.79 Å². The average molecular weight is 485 g/mol. The number of carbonyl (C=O) groups is 3. The molecule has 4 rings (SSSR count). The maximum atomic E-state index is 13.1. The van der Waals surface area contributed by atoms with E-state index >= 15 is 0 Å². The van der Waals surface area contributed by atoms with Crippen LogP contribution in [0.1, 0.15) is 26.3 Å².